The minimum atomic E-state index is -3.76. The molecule has 1 fully saturated rings. The Hall–Kier alpha value is -2.89. The Labute approximate surface area is 183 Å². The van der Waals surface area contributed by atoms with E-state index in [9.17, 15) is 23.3 Å². The van der Waals surface area contributed by atoms with Crippen LogP contribution >= 0.6 is 11.3 Å². The lowest BCUT2D eigenvalue weighted by Gasteiger charge is -2.34. The molecular formula is C20H20N4O5S2. The molecule has 3 aromatic rings. The maximum atomic E-state index is 12.8. The fourth-order valence-corrected chi connectivity index (χ4v) is 5.85. The number of non-ortho nitro benzene ring substituents is 1. The van der Waals surface area contributed by atoms with E-state index in [-0.39, 0.29) is 29.6 Å². The van der Waals surface area contributed by atoms with E-state index in [1.165, 1.54) is 28.6 Å². The van der Waals surface area contributed by atoms with E-state index in [0.29, 0.717) is 25.9 Å². The van der Waals surface area contributed by atoms with Crippen molar-refractivity contribution in [2.45, 2.75) is 17.7 Å². The van der Waals surface area contributed by atoms with Crippen molar-refractivity contribution in [3.05, 3.63) is 63.7 Å². The van der Waals surface area contributed by atoms with Crippen LogP contribution in [0.25, 0.3) is 10.2 Å². The van der Waals surface area contributed by atoms with Gasteiger partial charge in [-0.25, -0.2) is 13.4 Å². The molecule has 4 rings (SSSR count). The molecule has 0 N–H and O–H groups in total. The third kappa shape index (κ3) is 4.58. The van der Waals surface area contributed by atoms with Gasteiger partial charge < -0.3 is 4.90 Å². The highest BCUT2D eigenvalue weighted by Crippen LogP contribution is 2.23. The Balaban J connectivity index is 1.33. The molecule has 9 nitrogen and oxygen atoms in total. The minimum absolute atomic E-state index is 0.00807. The number of nitro groups is 1. The highest BCUT2D eigenvalue weighted by Gasteiger charge is 2.30. The number of nitro benzene ring substituents is 1. The predicted octanol–water partition coefficient (Wildman–Crippen LogP) is 2.67. The van der Waals surface area contributed by atoms with Crippen LogP contribution in [0.15, 0.2) is 53.4 Å². The number of rotatable bonds is 6. The van der Waals surface area contributed by atoms with Crippen LogP contribution in [-0.4, -0.2) is 59.6 Å². The molecule has 1 saturated heterocycles. The van der Waals surface area contributed by atoms with E-state index in [1.54, 1.807) is 16.2 Å². The van der Waals surface area contributed by atoms with Crippen molar-refractivity contribution in [2.75, 3.05) is 26.2 Å². The Morgan fingerprint density at radius 2 is 1.74 bits per heavy atom. The molecular weight excluding hydrogens is 440 g/mol. The first-order chi connectivity index (χ1) is 14.8. The third-order valence-corrected chi connectivity index (χ3v) is 8.18. The average Bonchev–Trinajstić information content (AvgIpc) is 3.20. The van der Waals surface area contributed by atoms with Crippen LogP contribution in [0.4, 0.5) is 5.69 Å². The van der Waals surface area contributed by atoms with Crippen LogP contribution in [-0.2, 0) is 21.2 Å². The summed E-state index contributed by atoms with van der Waals surface area (Å²) in [4.78, 5) is 29.0. The van der Waals surface area contributed by atoms with E-state index in [0.717, 1.165) is 15.2 Å². The summed E-state index contributed by atoms with van der Waals surface area (Å²) in [6.45, 7) is 0.994. The van der Waals surface area contributed by atoms with Crippen LogP contribution in [0.5, 0.6) is 0 Å². The zero-order chi connectivity index (χ0) is 22.0. The van der Waals surface area contributed by atoms with E-state index >= 15 is 0 Å². The average molecular weight is 461 g/mol. The monoisotopic (exact) mass is 460 g/mol. The summed E-state index contributed by atoms with van der Waals surface area (Å²) < 4.78 is 28.0. The van der Waals surface area contributed by atoms with Gasteiger partial charge in [-0.15, -0.1) is 11.3 Å². The van der Waals surface area contributed by atoms with Crippen molar-refractivity contribution in [3.8, 4) is 0 Å². The lowest BCUT2D eigenvalue weighted by Crippen LogP contribution is -2.50. The number of carbonyl (C=O) groups excluding carboxylic acids is 1. The van der Waals surface area contributed by atoms with E-state index in [2.05, 4.69) is 4.98 Å². The van der Waals surface area contributed by atoms with Crippen molar-refractivity contribution >= 4 is 43.2 Å². The zero-order valence-corrected chi connectivity index (χ0v) is 18.1. The van der Waals surface area contributed by atoms with Gasteiger partial charge in [-0.1, -0.05) is 12.1 Å². The van der Waals surface area contributed by atoms with Crippen molar-refractivity contribution < 1.29 is 18.1 Å². The second-order valence-corrected chi connectivity index (χ2v) is 10.2. The molecule has 0 saturated carbocycles. The Bertz CT molecular complexity index is 1180. The van der Waals surface area contributed by atoms with Crippen LogP contribution in [0.3, 0.4) is 0 Å². The SMILES string of the molecule is O=C(CCc1nc2ccccc2s1)N1CCN(S(=O)(=O)c2ccc([N+](=O)[O-])cc2)CC1. The first-order valence-electron chi connectivity index (χ1n) is 9.71. The molecule has 0 unspecified atom stereocenters. The summed E-state index contributed by atoms with van der Waals surface area (Å²) >= 11 is 1.58. The maximum Gasteiger partial charge on any atom is 0.269 e. The number of amides is 1. The summed E-state index contributed by atoms with van der Waals surface area (Å²) in [5.41, 5.74) is 0.766. The summed E-state index contributed by atoms with van der Waals surface area (Å²) in [5.74, 6) is -0.0216. The van der Waals surface area contributed by atoms with E-state index < -0.39 is 14.9 Å². The number of sulfonamides is 1. The normalized spacial score (nSPS) is 15.3. The molecule has 1 aromatic heterocycles. The number of para-hydroxylation sites is 1. The number of aryl methyl sites for hydroxylation is 1. The van der Waals surface area contributed by atoms with Gasteiger partial charge in [0.1, 0.15) is 0 Å². The minimum Gasteiger partial charge on any atom is -0.340 e. The van der Waals surface area contributed by atoms with Gasteiger partial charge in [0, 0.05) is 51.2 Å². The fourth-order valence-electron chi connectivity index (χ4n) is 3.47. The van der Waals surface area contributed by atoms with Gasteiger partial charge in [0.2, 0.25) is 15.9 Å². The molecule has 162 valence electrons. The largest absolute Gasteiger partial charge is 0.340 e. The molecule has 11 heteroatoms. The molecule has 1 aliphatic heterocycles. The molecule has 2 aromatic carbocycles. The number of carbonyl (C=O) groups is 1. The highest BCUT2D eigenvalue weighted by atomic mass is 32.2. The first-order valence-corrected chi connectivity index (χ1v) is 12.0. The molecule has 1 aliphatic rings. The smallest absolute Gasteiger partial charge is 0.269 e. The molecule has 31 heavy (non-hydrogen) atoms. The number of fused-ring (bicyclic) bond motifs is 1. The van der Waals surface area contributed by atoms with Crippen LogP contribution in [0.2, 0.25) is 0 Å². The van der Waals surface area contributed by atoms with Gasteiger partial charge in [0.15, 0.2) is 0 Å². The molecule has 2 heterocycles. The first kappa shape index (κ1) is 21.3. The zero-order valence-electron chi connectivity index (χ0n) is 16.5. The second kappa shape index (κ2) is 8.69. The second-order valence-electron chi connectivity index (χ2n) is 7.11. The maximum absolute atomic E-state index is 12.8. The summed E-state index contributed by atoms with van der Waals surface area (Å²) in [6.07, 6.45) is 0.883. The van der Waals surface area contributed by atoms with Gasteiger partial charge in [-0.05, 0) is 24.3 Å². The molecule has 0 bridgehead atoms. The van der Waals surface area contributed by atoms with Crippen molar-refractivity contribution in [2.24, 2.45) is 0 Å². The number of hydrogen-bond acceptors (Lipinski definition) is 7. The predicted molar refractivity (Wildman–Crippen MR) is 116 cm³/mol. The summed E-state index contributed by atoms with van der Waals surface area (Å²) in [5, 5.41) is 11.7. The van der Waals surface area contributed by atoms with Gasteiger partial charge in [0.05, 0.1) is 25.0 Å². The number of hydrogen-bond donors (Lipinski definition) is 0. The number of aromatic nitrogens is 1. The Morgan fingerprint density at radius 3 is 2.39 bits per heavy atom. The van der Waals surface area contributed by atoms with Crippen LogP contribution in [0, 0.1) is 10.1 Å². The van der Waals surface area contributed by atoms with Crippen molar-refractivity contribution in [1.29, 1.82) is 0 Å². The quantitative estimate of drug-likeness (QED) is 0.413. The van der Waals surface area contributed by atoms with Crippen molar-refractivity contribution in [1.82, 2.24) is 14.2 Å². The highest BCUT2D eigenvalue weighted by molar-refractivity contribution is 7.89. The lowest BCUT2D eigenvalue weighted by atomic mass is 10.2. The van der Waals surface area contributed by atoms with Gasteiger partial charge in [0.25, 0.3) is 5.69 Å². The van der Waals surface area contributed by atoms with E-state index in [4.69, 9.17) is 0 Å². The van der Waals surface area contributed by atoms with Crippen molar-refractivity contribution in [3.63, 3.8) is 0 Å². The topological polar surface area (TPSA) is 114 Å². The lowest BCUT2D eigenvalue weighted by molar-refractivity contribution is -0.384. The Morgan fingerprint density at radius 1 is 1.06 bits per heavy atom. The molecule has 1 amide bonds. The van der Waals surface area contributed by atoms with Gasteiger partial charge in [-0.3, -0.25) is 14.9 Å². The van der Waals surface area contributed by atoms with E-state index in [1.807, 2.05) is 24.3 Å². The van der Waals surface area contributed by atoms with Gasteiger partial charge in [-0.2, -0.15) is 4.31 Å². The molecule has 0 atom stereocenters. The Kier molecular flexibility index (Phi) is 5.99. The third-order valence-electron chi connectivity index (χ3n) is 5.17. The summed E-state index contributed by atoms with van der Waals surface area (Å²) in [7, 11) is -3.76. The number of thiazole rings is 1. The number of nitrogens with zero attached hydrogens (tertiary/aromatic N) is 4. The standard InChI is InChI=1S/C20H20N4O5S2/c25-20(10-9-19-21-17-3-1-2-4-18(17)30-19)22-11-13-23(14-12-22)31(28,29)16-7-5-15(6-8-16)24(26)27/h1-8H,9-14H2. The number of piperazine rings is 1. The fraction of sp³-hybridized carbons (Fsp3) is 0.300. The molecule has 0 radical (unpaired) electrons. The van der Waals surface area contributed by atoms with Crippen LogP contribution < -0.4 is 0 Å². The van der Waals surface area contributed by atoms with Gasteiger partial charge >= 0.3 is 0 Å². The molecule has 0 spiro atoms. The van der Waals surface area contributed by atoms with Crippen LogP contribution in [0.1, 0.15) is 11.4 Å². The summed E-state index contributed by atoms with van der Waals surface area (Å²) in [6, 6.07) is 12.7. The number of benzene rings is 2. The molecule has 0 aliphatic carbocycles.